The number of benzene rings is 1. The number of unbranched alkanes of at least 4 members (excludes halogenated alkanes) is 3. The second-order valence-corrected chi connectivity index (χ2v) is 8.51. The Hall–Kier alpha value is -2.01. The second-order valence-electron chi connectivity index (χ2n) is 8.51. The molecule has 0 aliphatic carbocycles. The number of aliphatic hydroxyl groups excluding tert-OH is 1. The molecule has 0 unspecified atom stereocenters. The lowest BCUT2D eigenvalue weighted by atomic mass is 9.97. The van der Waals surface area contributed by atoms with E-state index in [2.05, 4.69) is 54.3 Å². The van der Waals surface area contributed by atoms with Crippen LogP contribution < -0.4 is 10.2 Å². The van der Waals surface area contributed by atoms with Crippen molar-refractivity contribution in [3.05, 3.63) is 29.5 Å². The summed E-state index contributed by atoms with van der Waals surface area (Å²) in [7, 11) is 2.01. The van der Waals surface area contributed by atoms with E-state index < -0.39 is 0 Å². The van der Waals surface area contributed by atoms with E-state index in [-0.39, 0.29) is 30.5 Å². The van der Waals surface area contributed by atoms with Crippen molar-refractivity contribution in [1.82, 2.24) is 10.3 Å². The van der Waals surface area contributed by atoms with Crippen molar-refractivity contribution >= 4 is 22.5 Å². The number of amides is 1. The number of hydrogen-bond donors (Lipinski definition) is 3. The van der Waals surface area contributed by atoms with Crippen LogP contribution in [0.4, 0.5) is 5.69 Å². The summed E-state index contributed by atoms with van der Waals surface area (Å²) in [5, 5.41) is 14.1. The Kier molecular flexibility index (Phi) is 6.65. The van der Waals surface area contributed by atoms with Gasteiger partial charge in [0.25, 0.3) is 0 Å². The fourth-order valence-corrected chi connectivity index (χ4v) is 4.55. The molecule has 0 fully saturated rings. The number of H-pyrrole nitrogens is 1. The number of anilines is 1. The fourth-order valence-electron chi connectivity index (χ4n) is 4.55. The first kappa shape index (κ1) is 20.7. The largest absolute Gasteiger partial charge is 0.394 e. The number of likely N-dealkylation sites (N-methyl/N-ethyl adjacent to an activating group) is 1. The average molecular weight is 386 g/mol. The maximum absolute atomic E-state index is 12.9. The Balaban J connectivity index is 2.06. The normalized spacial score (nSPS) is 20.2. The van der Waals surface area contributed by atoms with Crippen molar-refractivity contribution in [1.29, 1.82) is 0 Å². The third-order valence-corrected chi connectivity index (χ3v) is 6.01. The SMILES string of the molecule is CCCCCCc1ccc2c3c(c[nH]c13)C[C@@H](CO)NC(=O)[C@@H](C(C)C)N2C. The minimum Gasteiger partial charge on any atom is -0.394 e. The van der Waals surface area contributed by atoms with E-state index in [0.29, 0.717) is 6.42 Å². The highest BCUT2D eigenvalue weighted by atomic mass is 16.3. The first-order chi connectivity index (χ1) is 13.5. The first-order valence-corrected chi connectivity index (χ1v) is 10.7. The highest BCUT2D eigenvalue weighted by Crippen LogP contribution is 2.35. The van der Waals surface area contributed by atoms with Gasteiger partial charge < -0.3 is 20.3 Å². The molecule has 3 rings (SSSR count). The maximum atomic E-state index is 12.9. The van der Waals surface area contributed by atoms with E-state index in [9.17, 15) is 9.90 Å². The van der Waals surface area contributed by atoms with Gasteiger partial charge in [-0.1, -0.05) is 46.1 Å². The molecule has 0 saturated carbocycles. The highest BCUT2D eigenvalue weighted by molar-refractivity contribution is 5.99. The summed E-state index contributed by atoms with van der Waals surface area (Å²) in [6, 6.07) is 3.86. The molecule has 154 valence electrons. The molecule has 1 aliphatic heterocycles. The molecule has 0 saturated heterocycles. The van der Waals surface area contributed by atoms with Crippen LogP contribution in [0.2, 0.25) is 0 Å². The zero-order valence-corrected chi connectivity index (χ0v) is 17.7. The third-order valence-electron chi connectivity index (χ3n) is 6.01. The quantitative estimate of drug-likeness (QED) is 0.635. The van der Waals surface area contributed by atoms with Crippen molar-refractivity contribution in [2.45, 2.75) is 71.4 Å². The number of carbonyl (C=O) groups excluding carboxylic acids is 1. The zero-order valence-electron chi connectivity index (χ0n) is 17.7. The summed E-state index contributed by atoms with van der Waals surface area (Å²) in [4.78, 5) is 18.5. The predicted molar refractivity (Wildman–Crippen MR) is 116 cm³/mol. The Morgan fingerprint density at radius 3 is 2.71 bits per heavy atom. The third kappa shape index (κ3) is 4.04. The number of nitrogens with one attached hydrogen (secondary N) is 2. The van der Waals surface area contributed by atoms with Crippen molar-refractivity contribution in [2.24, 2.45) is 5.92 Å². The number of hydrogen-bond acceptors (Lipinski definition) is 3. The zero-order chi connectivity index (χ0) is 20.3. The minimum atomic E-state index is -0.270. The van der Waals surface area contributed by atoms with Gasteiger partial charge in [0.2, 0.25) is 5.91 Å². The van der Waals surface area contributed by atoms with Crippen LogP contribution in [0.5, 0.6) is 0 Å². The van der Waals surface area contributed by atoms with Gasteiger partial charge in [0.05, 0.1) is 18.2 Å². The summed E-state index contributed by atoms with van der Waals surface area (Å²) < 4.78 is 0. The monoisotopic (exact) mass is 385 g/mol. The molecule has 1 amide bonds. The molecule has 2 atom stereocenters. The molecule has 2 heterocycles. The standard InChI is InChI=1S/C23H35N3O2/c1-5-6-7-8-9-16-10-11-19-20-17(13-24-21(16)20)12-18(14-27)25-23(28)22(15(2)3)26(19)4/h10-11,13,15,18,22,24,27H,5-9,12,14H2,1-4H3,(H,25,28)/t18-,22+/m0/s1. The number of aromatic amines is 1. The molecule has 3 N–H and O–H groups in total. The number of nitrogens with zero attached hydrogens (tertiary/aromatic N) is 1. The number of carbonyl (C=O) groups is 1. The molecule has 28 heavy (non-hydrogen) atoms. The van der Waals surface area contributed by atoms with Crippen LogP contribution in [-0.2, 0) is 17.6 Å². The summed E-state index contributed by atoms with van der Waals surface area (Å²) in [5.41, 5.74) is 4.78. The Bertz CT molecular complexity index is 812. The number of aliphatic hydroxyl groups is 1. The van der Waals surface area contributed by atoms with Crippen LogP contribution in [0.3, 0.4) is 0 Å². The lowest BCUT2D eigenvalue weighted by molar-refractivity contribution is -0.124. The lowest BCUT2D eigenvalue weighted by Gasteiger charge is -2.32. The highest BCUT2D eigenvalue weighted by Gasteiger charge is 2.32. The maximum Gasteiger partial charge on any atom is 0.243 e. The second kappa shape index (κ2) is 8.99. The van der Waals surface area contributed by atoms with Crippen molar-refractivity contribution < 1.29 is 9.90 Å². The van der Waals surface area contributed by atoms with E-state index in [4.69, 9.17) is 0 Å². The van der Waals surface area contributed by atoms with E-state index in [1.54, 1.807) is 0 Å². The summed E-state index contributed by atoms with van der Waals surface area (Å²) in [5.74, 6) is 0.149. The topological polar surface area (TPSA) is 68.4 Å². The molecule has 1 aliphatic rings. The molecule has 1 aromatic heterocycles. The summed E-state index contributed by atoms with van der Waals surface area (Å²) in [6.45, 7) is 6.33. The van der Waals surface area contributed by atoms with Crippen molar-refractivity contribution in [2.75, 3.05) is 18.6 Å². The minimum absolute atomic E-state index is 0.0116. The van der Waals surface area contributed by atoms with Crippen LogP contribution >= 0.6 is 0 Å². The molecular weight excluding hydrogens is 350 g/mol. The number of rotatable bonds is 7. The molecule has 0 bridgehead atoms. The van der Waals surface area contributed by atoms with Crippen LogP contribution in [0.15, 0.2) is 18.3 Å². The van der Waals surface area contributed by atoms with Crippen molar-refractivity contribution in [3.8, 4) is 0 Å². The van der Waals surface area contributed by atoms with Crippen molar-refractivity contribution in [3.63, 3.8) is 0 Å². The van der Waals surface area contributed by atoms with E-state index in [1.165, 1.54) is 42.1 Å². The van der Waals surface area contributed by atoms with Gasteiger partial charge in [-0.25, -0.2) is 0 Å². The smallest absolute Gasteiger partial charge is 0.243 e. The van der Waals surface area contributed by atoms with E-state index >= 15 is 0 Å². The lowest BCUT2D eigenvalue weighted by Crippen LogP contribution is -2.52. The van der Waals surface area contributed by atoms with Gasteiger partial charge >= 0.3 is 0 Å². The van der Waals surface area contributed by atoms with Crippen LogP contribution in [0.25, 0.3) is 10.9 Å². The van der Waals surface area contributed by atoms with E-state index in [0.717, 1.165) is 17.7 Å². The molecule has 0 spiro atoms. The summed E-state index contributed by atoms with van der Waals surface area (Å²) >= 11 is 0. The molecule has 5 heteroatoms. The molecule has 0 radical (unpaired) electrons. The Morgan fingerprint density at radius 1 is 1.25 bits per heavy atom. The van der Waals surface area contributed by atoms with E-state index in [1.807, 2.05) is 7.05 Å². The molecule has 5 nitrogen and oxygen atoms in total. The number of aromatic nitrogens is 1. The van der Waals surface area contributed by atoms with Gasteiger partial charge in [0, 0.05) is 24.3 Å². The van der Waals surface area contributed by atoms with Crippen LogP contribution in [0.1, 0.15) is 57.6 Å². The van der Waals surface area contributed by atoms with Gasteiger partial charge in [-0.15, -0.1) is 0 Å². The molecule has 2 aromatic rings. The Labute approximate surface area is 168 Å². The van der Waals surface area contributed by atoms with Gasteiger partial charge in [-0.05, 0) is 42.4 Å². The van der Waals surface area contributed by atoms with Gasteiger partial charge in [-0.3, -0.25) is 4.79 Å². The predicted octanol–water partition coefficient (Wildman–Crippen LogP) is 3.78. The first-order valence-electron chi connectivity index (χ1n) is 10.7. The number of aryl methyl sites for hydroxylation is 1. The molecule has 1 aromatic carbocycles. The fraction of sp³-hybridized carbons (Fsp3) is 0.609. The summed E-state index contributed by atoms with van der Waals surface area (Å²) in [6.07, 6.45) is 8.73. The average Bonchev–Trinajstić information content (AvgIpc) is 3.09. The Morgan fingerprint density at radius 2 is 2.04 bits per heavy atom. The molecular formula is C23H35N3O2. The van der Waals surface area contributed by atoms with Crippen LogP contribution in [-0.4, -0.2) is 41.7 Å². The van der Waals surface area contributed by atoms with Crippen LogP contribution in [0, 0.1) is 5.92 Å². The van der Waals surface area contributed by atoms with Gasteiger partial charge in [0.1, 0.15) is 6.04 Å². The van der Waals surface area contributed by atoms with Gasteiger partial charge in [0.15, 0.2) is 0 Å². The van der Waals surface area contributed by atoms with Gasteiger partial charge in [-0.2, -0.15) is 0 Å².